The van der Waals surface area contributed by atoms with E-state index < -0.39 is 12.1 Å². The van der Waals surface area contributed by atoms with Crippen molar-refractivity contribution in [3.63, 3.8) is 0 Å². The molecule has 5 rings (SSSR count). The third kappa shape index (κ3) is 5.09. The van der Waals surface area contributed by atoms with Gasteiger partial charge in [0.15, 0.2) is 0 Å². The standard InChI is InChI=1S/C28H33ClN4O2/c29-23-11-10-20-9-8-19(17-22(20)23)18-31-27(34)26-13-16-33(26)28(35)24(30)6-3-4-14-32-15-12-21-5-1-2-7-25(21)32/h1-2,5,7-9,11,17,24,26H,3-4,6,10,12-16,18,30H2,(H,31,34)/t24-,26+/m1/s1. The van der Waals surface area contributed by atoms with E-state index in [9.17, 15) is 9.59 Å². The molecule has 2 heterocycles. The van der Waals surface area contributed by atoms with E-state index in [2.05, 4.69) is 40.5 Å². The maximum absolute atomic E-state index is 12.9. The zero-order valence-corrected chi connectivity index (χ0v) is 20.8. The maximum Gasteiger partial charge on any atom is 0.243 e. The van der Waals surface area contributed by atoms with Gasteiger partial charge < -0.3 is 20.9 Å². The van der Waals surface area contributed by atoms with E-state index in [1.807, 2.05) is 18.2 Å². The van der Waals surface area contributed by atoms with E-state index >= 15 is 0 Å². The topological polar surface area (TPSA) is 78.7 Å². The van der Waals surface area contributed by atoms with Gasteiger partial charge in [-0.3, -0.25) is 9.59 Å². The molecular formula is C28H33ClN4O2. The van der Waals surface area contributed by atoms with Crippen LogP contribution in [0.25, 0.3) is 5.03 Å². The van der Waals surface area contributed by atoms with Crippen LogP contribution in [-0.2, 0) is 29.0 Å². The minimum absolute atomic E-state index is 0.114. The number of amides is 2. The molecule has 1 saturated heterocycles. The molecule has 2 atom stereocenters. The fraction of sp³-hybridized carbons (Fsp3) is 0.429. The number of fused-ring (bicyclic) bond motifs is 2. The Bertz CT molecular complexity index is 1150. The molecule has 3 N–H and O–H groups in total. The number of carbonyl (C=O) groups excluding carboxylic acids is 2. The molecule has 0 bridgehead atoms. The van der Waals surface area contributed by atoms with Crippen LogP contribution in [0.15, 0.2) is 48.5 Å². The first-order valence-electron chi connectivity index (χ1n) is 12.7. The van der Waals surface area contributed by atoms with Gasteiger partial charge in [0.25, 0.3) is 0 Å². The lowest BCUT2D eigenvalue weighted by atomic mass is 9.98. The molecule has 2 aromatic carbocycles. The molecule has 2 amide bonds. The summed E-state index contributed by atoms with van der Waals surface area (Å²) in [5.41, 5.74) is 12.2. The Morgan fingerprint density at radius 2 is 1.97 bits per heavy atom. The van der Waals surface area contributed by atoms with Gasteiger partial charge in [0.1, 0.15) is 6.04 Å². The first-order valence-corrected chi connectivity index (χ1v) is 13.0. The van der Waals surface area contributed by atoms with Crippen molar-refractivity contribution in [2.75, 3.05) is 24.5 Å². The minimum atomic E-state index is -0.554. The van der Waals surface area contributed by atoms with Crippen molar-refractivity contribution >= 4 is 34.1 Å². The summed E-state index contributed by atoms with van der Waals surface area (Å²) in [5.74, 6) is -0.232. The van der Waals surface area contributed by atoms with Crippen LogP contribution in [0.1, 0.15) is 47.9 Å². The quantitative estimate of drug-likeness (QED) is 0.524. The van der Waals surface area contributed by atoms with Crippen LogP contribution >= 0.6 is 11.6 Å². The number of anilines is 1. The molecule has 0 saturated carbocycles. The van der Waals surface area contributed by atoms with Gasteiger partial charge in [-0.2, -0.15) is 0 Å². The van der Waals surface area contributed by atoms with Gasteiger partial charge in [0.2, 0.25) is 11.8 Å². The minimum Gasteiger partial charge on any atom is -0.371 e. The molecule has 0 aromatic heterocycles. The Kier molecular flexibility index (Phi) is 7.12. The monoisotopic (exact) mass is 492 g/mol. The van der Waals surface area contributed by atoms with Crippen LogP contribution in [0, 0.1) is 0 Å². The van der Waals surface area contributed by atoms with Crippen molar-refractivity contribution in [3.05, 3.63) is 70.8 Å². The second-order valence-corrected chi connectivity index (χ2v) is 10.2. The summed E-state index contributed by atoms with van der Waals surface area (Å²) < 4.78 is 0. The number of nitrogens with zero attached hydrogens (tertiary/aromatic N) is 2. The molecule has 0 unspecified atom stereocenters. The molecule has 2 aromatic rings. The highest BCUT2D eigenvalue weighted by Gasteiger charge is 2.39. The number of unbranched alkanes of at least 4 members (excludes halogenated alkanes) is 1. The number of rotatable bonds is 9. The maximum atomic E-state index is 12.9. The average Bonchev–Trinajstić information content (AvgIpc) is 3.43. The molecular weight excluding hydrogens is 460 g/mol. The summed E-state index contributed by atoms with van der Waals surface area (Å²) in [6, 6.07) is 13.7. The highest BCUT2D eigenvalue weighted by atomic mass is 35.5. The smallest absolute Gasteiger partial charge is 0.243 e. The lowest BCUT2D eigenvalue weighted by molar-refractivity contribution is -0.148. The van der Waals surface area contributed by atoms with Crippen molar-refractivity contribution in [1.29, 1.82) is 0 Å². The predicted octanol–water partition coefficient (Wildman–Crippen LogP) is 3.60. The molecule has 6 nitrogen and oxygen atoms in total. The van der Waals surface area contributed by atoms with Gasteiger partial charge in [0, 0.05) is 36.9 Å². The first kappa shape index (κ1) is 23.9. The number of hydrogen-bond acceptors (Lipinski definition) is 4. The third-order valence-corrected chi connectivity index (χ3v) is 7.86. The molecule has 1 aliphatic carbocycles. The summed E-state index contributed by atoms with van der Waals surface area (Å²) in [6.45, 7) is 3.05. The molecule has 0 spiro atoms. The van der Waals surface area contributed by atoms with Gasteiger partial charge in [-0.1, -0.05) is 48.0 Å². The average molecular weight is 493 g/mol. The first-order chi connectivity index (χ1) is 17.0. The third-order valence-electron chi connectivity index (χ3n) is 7.50. The Labute approximate surface area is 212 Å². The molecule has 35 heavy (non-hydrogen) atoms. The summed E-state index contributed by atoms with van der Waals surface area (Å²) in [4.78, 5) is 29.7. The SMILES string of the molecule is N[C@H](CCCCN1CCc2ccccc21)C(=O)N1CC[C@H]1C(=O)NCc1ccc2c(c1)C(Cl)=CC2. The van der Waals surface area contributed by atoms with Gasteiger partial charge in [-0.25, -0.2) is 0 Å². The fourth-order valence-corrected chi connectivity index (χ4v) is 5.57. The molecule has 7 heteroatoms. The van der Waals surface area contributed by atoms with Crippen LogP contribution in [0.3, 0.4) is 0 Å². The van der Waals surface area contributed by atoms with Crippen molar-refractivity contribution in [2.45, 2.75) is 57.2 Å². The normalized spacial score (nSPS) is 19.0. The Balaban J connectivity index is 1.05. The van der Waals surface area contributed by atoms with Crippen molar-refractivity contribution in [1.82, 2.24) is 10.2 Å². The van der Waals surface area contributed by atoms with Crippen LogP contribution in [0.5, 0.6) is 0 Å². The number of carbonyl (C=O) groups is 2. The Morgan fingerprint density at radius 1 is 1.11 bits per heavy atom. The van der Waals surface area contributed by atoms with Gasteiger partial charge in [-0.05, 0) is 72.9 Å². The van der Waals surface area contributed by atoms with E-state index in [1.54, 1.807) is 4.90 Å². The molecule has 1 fully saturated rings. The lowest BCUT2D eigenvalue weighted by Crippen LogP contribution is -2.61. The summed E-state index contributed by atoms with van der Waals surface area (Å²) in [6.07, 6.45) is 7.17. The van der Waals surface area contributed by atoms with Crippen molar-refractivity contribution < 1.29 is 9.59 Å². The van der Waals surface area contributed by atoms with E-state index in [0.717, 1.165) is 54.9 Å². The highest BCUT2D eigenvalue weighted by molar-refractivity contribution is 6.49. The second-order valence-electron chi connectivity index (χ2n) is 9.77. The van der Waals surface area contributed by atoms with Crippen LogP contribution in [0.2, 0.25) is 0 Å². The lowest BCUT2D eigenvalue weighted by Gasteiger charge is -2.41. The van der Waals surface area contributed by atoms with Crippen LogP contribution < -0.4 is 16.0 Å². The van der Waals surface area contributed by atoms with E-state index in [1.165, 1.54) is 16.8 Å². The van der Waals surface area contributed by atoms with Crippen LogP contribution in [0.4, 0.5) is 5.69 Å². The van der Waals surface area contributed by atoms with E-state index in [0.29, 0.717) is 25.9 Å². The molecule has 2 aliphatic heterocycles. The van der Waals surface area contributed by atoms with E-state index in [-0.39, 0.29) is 11.8 Å². The largest absolute Gasteiger partial charge is 0.371 e. The molecule has 184 valence electrons. The number of likely N-dealkylation sites (tertiary alicyclic amines) is 1. The number of benzene rings is 2. The number of hydrogen-bond donors (Lipinski definition) is 2. The van der Waals surface area contributed by atoms with Crippen molar-refractivity contribution in [3.8, 4) is 0 Å². The van der Waals surface area contributed by atoms with Crippen LogP contribution in [-0.4, -0.2) is 48.4 Å². The number of allylic oxidation sites excluding steroid dienone is 1. The van der Waals surface area contributed by atoms with E-state index in [4.69, 9.17) is 17.3 Å². The second kappa shape index (κ2) is 10.4. The molecule has 0 radical (unpaired) electrons. The predicted molar refractivity (Wildman–Crippen MR) is 140 cm³/mol. The summed E-state index contributed by atoms with van der Waals surface area (Å²) >= 11 is 6.26. The fourth-order valence-electron chi connectivity index (χ4n) is 5.32. The van der Waals surface area contributed by atoms with Gasteiger partial charge in [-0.15, -0.1) is 0 Å². The highest BCUT2D eigenvalue weighted by Crippen LogP contribution is 2.31. The zero-order valence-electron chi connectivity index (χ0n) is 20.0. The van der Waals surface area contributed by atoms with Crippen molar-refractivity contribution in [2.24, 2.45) is 5.73 Å². The Hall–Kier alpha value is -2.83. The number of para-hydroxylation sites is 1. The summed E-state index contributed by atoms with van der Waals surface area (Å²) in [5, 5.41) is 3.75. The molecule has 3 aliphatic rings. The number of nitrogens with one attached hydrogen (secondary N) is 1. The number of nitrogens with two attached hydrogens (primary N) is 1. The Morgan fingerprint density at radius 3 is 2.80 bits per heavy atom. The number of halogens is 1. The summed E-state index contributed by atoms with van der Waals surface area (Å²) in [7, 11) is 0. The van der Waals surface area contributed by atoms with Gasteiger partial charge >= 0.3 is 0 Å². The zero-order chi connectivity index (χ0) is 24.4. The van der Waals surface area contributed by atoms with Gasteiger partial charge in [0.05, 0.1) is 6.04 Å².